The third-order valence-corrected chi connectivity index (χ3v) is 4.68. The van der Waals surface area contributed by atoms with Crippen LogP contribution in [0, 0.1) is 0 Å². The Bertz CT molecular complexity index is 801. The van der Waals surface area contributed by atoms with Gasteiger partial charge in [-0.1, -0.05) is 6.92 Å². The number of carbonyl (C=O) groups excluding carboxylic acids is 1. The van der Waals surface area contributed by atoms with Gasteiger partial charge >= 0.3 is 0 Å². The zero-order valence-corrected chi connectivity index (χ0v) is 12.6. The molecule has 1 amide bonds. The Kier molecular flexibility index (Phi) is 2.86. The number of fused-ring (bicyclic) bond motifs is 2. The van der Waals surface area contributed by atoms with Crippen molar-refractivity contribution in [2.24, 2.45) is 0 Å². The molecule has 0 spiro atoms. The van der Waals surface area contributed by atoms with E-state index < -0.39 is 0 Å². The minimum absolute atomic E-state index is 0.0683. The first-order valence-corrected chi connectivity index (χ1v) is 7.76. The molecule has 0 bridgehead atoms. The Morgan fingerprint density at radius 1 is 1.32 bits per heavy atom. The third kappa shape index (κ3) is 2.03. The highest BCUT2D eigenvalue weighted by atomic mass is 16.2. The predicted molar refractivity (Wildman–Crippen MR) is 89.5 cm³/mol. The van der Waals surface area contributed by atoms with Gasteiger partial charge in [-0.2, -0.15) is 0 Å². The summed E-state index contributed by atoms with van der Waals surface area (Å²) < 4.78 is 0. The summed E-state index contributed by atoms with van der Waals surface area (Å²) in [6.07, 6.45) is 5.50. The Hall–Kier alpha value is -2.49. The van der Waals surface area contributed by atoms with E-state index >= 15 is 0 Å². The van der Waals surface area contributed by atoms with Crippen molar-refractivity contribution in [2.45, 2.75) is 32.1 Å². The molecule has 2 aromatic rings. The summed E-state index contributed by atoms with van der Waals surface area (Å²) in [5.74, 6) is 0.522. The van der Waals surface area contributed by atoms with E-state index in [1.54, 1.807) is 6.07 Å². The van der Waals surface area contributed by atoms with Gasteiger partial charge in [-0.25, -0.2) is 0 Å². The molecule has 1 atom stereocenters. The SMILES string of the molecule is CC1CCCc2[nH]c(C=C3C(=O)Nc4ccc(N)cc43)cc21. The minimum atomic E-state index is -0.0683. The lowest BCUT2D eigenvalue weighted by atomic mass is 9.88. The fourth-order valence-corrected chi connectivity index (χ4v) is 3.51. The van der Waals surface area contributed by atoms with E-state index in [1.807, 2.05) is 18.2 Å². The number of nitrogens with two attached hydrogens (primary N) is 1. The maximum Gasteiger partial charge on any atom is 0.256 e. The van der Waals surface area contributed by atoms with Crippen LogP contribution in [0.5, 0.6) is 0 Å². The highest BCUT2D eigenvalue weighted by Crippen LogP contribution is 2.36. The number of carbonyl (C=O) groups is 1. The number of hydrogen-bond acceptors (Lipinski definition) is 2. The van der Waals surface area contributed by atoms with Crippen molar-refractivity contribution in [3.05, 3.63) is 46.8 Å². The molecule has 1 aromatic heterocycles. The van der Waals surface area contributed by atoms with Gasteiger partial charge < -0.3 is 16.0 Å². The molecule has 2 aliphatic rings. The Balaban J connectivity index is 1.78. The third-order valence-electron chi connectivity index (χ3n) is 4.68. The van der Waals surface area contributed by atoms with E-state index in [2.05, 4.69) is 23.3 Å². The maximum atomic E-state index is 12.2. The smallest absolute Gasteiger partial charge is 0.256 e. The first kappa shape index (κ1) is 13.2. The lowest BCUT2D eigenvalue weighted by molar-refractivity contribution is -0.110. The first-order chi connectivity index (χ1) is 10.6. The normalized spacial score (nSPS) is 21.6. The van der Waals surface area contributed by atoms with Crippen molar-refractivity contribution in [2.75, 3.05) is 11.1 Å². The highest BCUT2D eigenvalue weighted by molar-refractivity contribution is 6.35. The van der Waals surface area contributed by atoms with Gasteiger partial charge in [0.2, 0.25) is 0 Å². The van der Waals surface area contributed by atoms with E-state index in [0.29, 0.717) is 17.2 Å². The number of aromatic nitrogens is 1. The van der Waals surface area contributed by atoms with Crippen LogP contribution in [0.4, 0.5) is 11.4 Å². The number of H-pyrrole nitrogens is 1. The van der Waals surface area contributed by atoms with Crippen LogP contribution in [-0.4, -0.2) is 10.9 Å². The molecule has 1 aromatic carbocycles. The van der Waals surface area contributed by atoms with Gasteiger partial charge in [-0.3, -0.25) is 4.79 Å². The second-order valence-electron chi connectivity index (χ2n) is 6.27. The number of rotatable bonds is 1. The molecule has 112 valence electrons. The largest absolute Gasteiger partial charge is 0.399 e. The molecule has 22 heavy (non-hydrogen) atoms. The van der Waals surface area contributed by atoms with Crippen LogP contribution in [0.3, 0.4) is 0 Å². The zero-order chi connectivity index (χ0) is 15.3. The highest BCUT2D eigenvalue weighted by Gasteiger charge is 2.25. The molecule has 4 nitrogen and oxygen atoms in total. The summed E-state index contributed by atoms with van der Waals surface area (Å²) in [6, 6.07) is 7.69. The lowest BCUT2D eigenvalue weighted by Gasteiger charge is -2.17. The van der Waals surface area contributed by atoms with Gasteiger partial charge in [-0.05, 0) is 61.1 Å². The summed E-state index contributed by atoms with van der Waals surface area (Å²) in [4.78, 5) is 15.7. The van der Waals surface area contributed by atoms with E-state index in [-0.39, 0.29) is 5.91 Å². The summed E-state index contributed by atoms with van der Waals surface area (Å²) >= 11 is 0. The average Bonchev–Trinajstić information content (AvgIpc) is 3.03. The second kappa shape index (κ2) is 4.77. The number of amides is 1. The molecule has 2 heterocycles. The van der Waals surface area contributed by atoms with Gasteiger partial charge in [0, 0.05) is 28.3 Å². The monoisotopic (exact) mass is 293 g/mol. The quantitative estimate of drug-likeness (QED) is 0.556. The van der Waals surface area contributed by atoms with Crippen molar-refractivity contribution in [1.82, 2.24) is 4.98 Å². The molecule has 0 saturated heterocycles. The first-order valence-electron chi connectivity index (χ1n) is 7.76. The Morgan fingerprint density at radius 2 is 2.18 bits per heavy atom. The molecule has 0 fully saturated rings. The van der Waals surface area contributed by atoms with E-state index in [1.165, 1.54) is 24.1 Å². The molecule has 1 aliphatic carbocycles. The molecule has 0 radical (unpaired) electrons. The van der Waals surface area contributed by atoms with Crippen molar-refractivity contribution in [3.63, 3.8) is 0 Å². The van der Waals surface area contributed by atoms with Crippen LogP contribution in [0.1, 0.15) is 48.2 Å². The fraction of sp³-hybridized carbons (Fsp3) is 0.278. The number of hydrogen-bond donors (Lipinski definition) is 3. The van der Waals surface area contributed by atoms with Crippen LogP contribution >= 0.6 is 0 Å². The molecule has 1 unspecified atom stereocenters. The van der Waals surface area contributed by atoms with Crippen molar-refractivity contribution < 1.29 is 4.79 Å². The topological polar surface area (TPSA) is 70.9 Å². The van der Waals surface area contributed by atoms with Gasteiger partial charge in [0.25, 0.3) is 5.91 Å². The summed E-state index contributed by atoms with van der Waals surface area (Å²) in [7, 11) is 0. The van der Waals surface area contributed by atoms with Gasteiger partial charge in [0.05, 0.1) is 5.57 Å². The van der Waals surface area contributed by atoms with Crippen LogP contribution in [0.2, 0.25) is 0 Å². The number of benzene rings is 1. The van der Waals surface area contributed by atoms with Gasteiger partial charge in [0.15, 0.2) is 0 Å². The average molecular weight is 293 g/mol. The Morgan fingerprint density at radius 3 is 3.00 bits per heavy atom. The Labute approximate surface area is 129 Å². The summed E-state index contributed by atoms with van der Waals surface area (Å²) in [5.41, 5.74) is 12.6. The molecule has 4 rings (SSSR count). The van der Waals surface area contributed by atoms with Crippen LogP contribution in [0.15, 0.2) is 24.3 Å². The van der Waals surface area contributed by atoms with Crippen LogP contribution in [0.25, 0.3) is 11.6 Å². The molecule has 4 N–H and O–H groups in total. The fourth-order valence-electron chi connectivity index (χ4n) is 3.51. The minimum Gasteiger partial charge on any atom is -0.399 e. The molecular formula is C18H19N3O. The van der Waals surface area contributed by atoms with Gasteiger partial charge in [-0.15, -0.1) is 0 Å². The second-order valence-corrected chi connectivity index (χ2v) is 6.27. The number of aromatic amines is 1. The maximum absolute atomic E-state index is 12.2. The molecule has 4 heteroatoms. The van der Waals surface area contributed by atoms with Crippen molar-refractivity contribution in [1.29, 1.82) is 0 Å². The zero-order valence-electron chi connectivity index (χ0n) is 12.6. The molecular weight excluding hydrogens is 274 g/mol. The van der Waals surface area contributed by atoms with E-state index in [9.17, 15) is 4.79 Å². The standard InChI is InChI=1S/C18H19N3O/c1-10-3-2-4-16-13(10)8-12(20-16)9-15-14-7-11(19)5-6-17(14)21-18(15)22/h5-10,20H,2-4,19H2,1H3,(H,21,22). The number of nitrogens with one attached hydrogen (secondary N) is 2. The van der Waals surface area contributed by atoms with Crippen molar-refractivity contribution in [3.8, 4) is 0 Å². The summed E-state index contributed by atoms with van der Waals surface area (Å²) in [5, 5.41) is 2.89. The lowest BCUT2D eigenvalue weighted by Crippen LogP contribution is -2.04. The number of aryl methyl sites for hydroxylation is 1. The predicted octanol–water partition coefficient (Wildman–Crippen LogP) is 3.53. The summed E-state index contributed by atoms with van der Waals surface area (Å²) in [6.45, 7) is 2.26. The molecule has 1 aliphatic heterocycles. The van der Waals surface area contributed by atoms with Crippen LogP contribution < -0.4 is 11.1 Å². The number of anilines is 2. The van der Waals surface area contributed by atoms with E-state index in [0.717, 1.165) is 23.4 Å². The number of nitrogen functional groups attached to an aromatic ring is 1. The van der Waals surface area contributed by atoms with E-state index in [4.69, 9.17) is 5.73 Å². The van der Waals surface area contributed by atoms with Gasteiger partial charge in [0.1, 0.15) is 0 Å². The van der Waals surface area contributed by atoms with Crippen molar-refractivity contribution >= 4 is 28.9 Å². The van der Waals surface area contributed by atoms with Crippen LogP contribution in [-0.2, 0) is 11.2 Å². The molecule has 0 saturated carbocycles.